The molecule has 0 spiro atoms. The summed E-state index contributed by atoms with van der Waals surface area (Å²) in [5.41, 5.74) is 1.79. The Hall–Kier alpha value is -3.11. The monoisotopic (exact) mass is 329 g/mol. The number of nitrogens with one attached hydrogen (secondary N) is 2. The molecule has 124 valence electrons. The largest absolute Gasteiger partial charge is 0.395 e. The summed E-state index contributed by atoms with van der Waals surface area (Å²) in [4.78, 5) is 10.4. The van der Waals surface area contributed by atoms with Crippen LogP contribution < -0.4 is 10.6 Å². The van der Waals surface area contributed by atoms with Gasteiger partial charge in [-0.2, -0.15) is 0 Å². The summed E-state index contributed by atoms with van der Waals surface area (Å²) in [6.45, 7) is 0.529. The molecular weight excluding hydrogens is 313 g/mol. The molecule has 0 fully saturated rings. The van der Waals surface area contributed by atoms with Crippen molar-refractivity contribution in [3.63, 3.8) is 0 Å². The van der Waals surface area contributed by atoms with Gasteiger partial charge in [-0.15, -0.1) is 0 Å². The molecule has 7 heteroatoms. The van der Waals surface area contributed by atoms with Gasteiger partial charge in [0.25, 0.3) is 5.69 Å². The van der Waals surface area contributed by atoms with Crippen molar-refractivity contribution in [3.8, 4) is 11.8 Å². The van der Waals surface area contributed by atoms with Crippen LogP contribution in [-0.2, 0) is 0 Å². The van der Waals surface area contributed by atoms with E-state index in [-0.39, 0.29) is 24.7 Å². The molecule has 0 aliphatic rings. The van der Waals surface area contributed by atoms with Gasteiger partial charge in [0, 0.05) is 24.2 Å². The van der Waals surface area contributed by atoms with Gasteiger partial charge in [0.05, 0.1) is 29.4 Å². The van der Waals surface area contributed by atoms with Crippen LogP contribution in [-0.4, -0.2) is 29.7 Å². The molecule has 0 bridgehead atoms. The smallest absolute Gasteiger partial charge is 0.271 e. The summed E-state index contributed by atoms with van der Waals surface area (Å²) < 4.78 is 12.8. The van der Waals surface area contributed by atoms with E-state index in [0.29, 0.717) is 23.5 Å². The first kappa shape index (κ1) is 17.2. The Bertz CT molecular complexity index is 767. The van der Waals surface area contributed by atoms with Crippen LogP contribution in [0.15, 0.2) is 42.5 Å². The summed E-state index contributed by atoms with van der Waals surface area (Å²) in [7, 11) is 0. The quantitative estimate of drug-likeness (QED) is 0.431. The highest BCUT2D eigenvalue weighted by Crippen LogP contribution is 2.26. The van der Waals surface area contributed by atoms with Crippen LogP contribution >= 0.6 is 0 Å². The molecule has 0 aromatic heterocycles. The number of rotatable bonds is 6. The number of non-ortho nitro benzene ring substituents is 1. The van der Waals surface area contributed by atoms with E-state index >= 15 is 0 Å². The van der Waals surface area contributed by atoms with E-state index in [4.69, 9.17) is 5.11 Å². The lowest BCUT2D eigenvalue weighted by Crippen LogP contribution is -2.09. The SMILES string of the molecule is O=[N+]([O-])c1ccc(NCCO)c(NCC#Cc2ccc(F)cc2)c1. The van der Waals surface area contributed by atoms with Crippen molar-refractivity contribution in [3.05, 3.63) is 64.0 Å². The molecule has 0 saturated heterocycles. The Balaban J connectivity index is 2.08. The summed E-state index contributed by atoms with van der Waals surface area (Å²) >= 11 is 0. The molecule has 0 atom stereocenters. The van der Waals surface area contributed by atoms with E-state index in [1.54, 1.807) is 18.2 Å². The van der Waals surface area contributed by atoms with Crippen LogP contribution in [0.3, 0.4) is 0 Å². The van der Waals surface area contributed by atoms with E-state index in [1.807, 2.05) is 0 Å². The maximum Gasteiger partial charge on any atom is 0.271 e. The second-order valence-electron chi connectivity index (χ2n) is 4.80. The Labute approximate surface area is 138 Å². The normalized spacial score (nSPS) is 9.75. The Morgan fingerprint density at radius 1 is 1.12 bits per heavy atom. The zero-order valence-corrected chi connectivity index (χ0v) is 12.8. The van der Waals surface area contributed by atoms with Gasteiger partial charge in [0.2, 0.25) is 0 Å². The van der Waals surface area contributed by atoms with Gasteiger partial charge < -0.3 is 15.7 Å². The maximum atomic E-state index is 12.8. The number of nitro groups is 1. The van der Waals surface area contributed by atoms with Gasteiger partial charge >= 0.3 is 0 Å². The molecule has 6 nitrogen and oxygen atoms in total. The van der Waals surface area contributed by atoms with Crippen molar-refractivity contribution < 1.29 is 14.4 Å². The highest BCUT2D eigenvalue weighted by Gasteiger charge is 2.10. The minimum Gasteiger partial charge on any atom is -0.395 e. The number of benzene rings is 2. The fourth-order valence-electron chi connectivity index (χ4n) is 1.96. The predicted octanol–water partition coefficient (Wildman–Crippen LogP) is 2.60. The number of halogens is 1. The van der Waals surface area contributed by atoms with Gasteiger partial charge in [-0.3, -0.25) is 10.1 Å². The molecule has 2 aromatic rings. The van der Waals surface area contributed by atoms with Gasteiger partial charge in [0.15, 0.2) is 0 Å². The molecule has 0 aliphatic carbocycles. The number of aliphatic hydroxyl groups is 1. The zero-order valence-electron chi connectivity index (χ0n) is 12.8. The molecule has 24 heavy (non-hydrogen) atoms. The second-order valence-corrected chi connectivity index (χ2v) is 4.80. The highest BCUT2D eigenvalue weighted by atomic mass is 19.1. The molecule has 0 amide bonds. The fourth-order valence-corrected chi connectivity index (χ4v) is 1.96. The van der Waals surface area contributed by atoms with Crippen molar-refractivity contribution in [2.24, 2.45) is 0 Å². The Morgan fingerprint density at radius 3 is 2.54 bits per heavy atom. The summed E-state index contributed by atoms with van der Waals surface area (Å²) in [6, 6.07) is 10.2. The predicted molar refractivity (Wildman–Crippen MR) is 90.4 cm³/mol. The number of anilines is 2. The topological polar surface area (TPSA) is 87.4 Å². The first-order valence-electron chi connectivity index (χ1n) is 7.21. The van der Waals surface area contributed by atoms with Crippen molar-refractivity contribution in [1.82, 2.24) is 0 Å². The Kier molecular flexibility index (Phi) is 6.11. The number of hydrogen-bond donors (Lipinski definition) is 3. The van der Waals surface area contributed by atoms with Gasteiger partial charge in [-0.1, -0.05) is 11.8 Å². The molecule has 2 aromatic carbocycles. The molecule has 3 N–H and O–H groups in total. The average Bonchev–Trinajstić information content (AvgIpc) is 2.58. The Morgan fingerprint density at radius 2 is 1.88 bits per heavy atom. The highest BCUT2D eigenvalue weighted by molar-refractivity contribution is 5.72. The third-order valence-electron chi connectivity index (χ3n) is 3.09. The number of nitrogens with zero attached hydrogens (tertiary/aromatic N) is 1. The molecular formula is C17H16FN3O3. The average molecular weight is 329 g/mol. The van der Waals surface area contributed by atoms with Crippen molar-refractivity contribution >= 4 is 17.1 Å². The van der Waals surface area contributed by atoms with E-state index in [2.05, 4.69) is 22.5 Å². The summed E-state index contributed by atoms with van der Waals surface area (Å²) in [5.74, 6) is 5.42. The van der Waals surface area contributed by atoms with Crippen molar-refractivity contribution in [2.75, 3.05) is 30.3 Å². The minimum absolute atomic E-state index is 0.0430. The van der Waals surface area contributed by atoms with Gasteiger partial charge in [-0.25, -0.2) is 4.39 Å². The zero-order chi connectivity index (χ0) is 17.4. The second kappa shape index (κ2) is 8.50. The molecule has 0 radical (unpaired) electrons. The van der Waals surface area contributed by atoms with E-state index in [9.17, 15) is 14.5 Å². The van der Waals surface area contributed by atoms with Crippen LogP contribution in [0.5, 0.6) is 0 Å². The molecule has 2 rings (SSSR count). The van der Waals surface area contributed by atoms with Crippen molar-refractivity contribution in [2.45, 2.75) is 0 Å². The lowest BCUT2D eigenvalue weighted by atomic mass is 10.2. The first-order chi connectivity index (χ1) is 11.6. The van der Waals surface area contributed by atoms with Crippen LogP contribution in [0.4, 0.5) is 21.5 Å². The fraction of sp³-hybridized carbons (Fsp3) is 0.176. The summed E-state index contributed by atoms with van der Waals surface area (Å²) in [5, 5.41) is 25.7. The lowest BCUT2D eigenvalue weighted by Gasteiger charge is -2.11. The number of nitro benzene ring substituents is 1. The lowest BCUT2D eigenvalue weighted by molar-refractivity contribution is -0.384. The van der Waals surface area contributed by atoms with Crippen LogP contribution in [0.1, 0.15) is 5.56 Å². The molecule has 0 aliphatic heterocycles. The minimum atomic E-state index is -0.481. The number of aliphatic hydroxyl groups excluding tert-OH is 1. The summed E-state index contributed by atoms with van der Waals surface area (Å²) in [6.07, 6.45) is 0. The van der Waals surface area contributed by atoms with Gasteiger partial charge in [-0.05, 0) is 30.3 Å². The standard InChI is InChI=1S/C17H16FN3O3/c18-14-5-3-13(4-6-14)2-1-9-19-17-12-15(21(23)24)7-8-16(17)20-10-11-22/h3-8,12,19-20,22H,9-11H2. The number of hydrogen-bond acceptors (Lipinski definition) is 5. The van der Waals surface area contributed by atoms with E-state index < -0.39 is 4.92 Å². The van der Waals surface area contributed by atoms with E-state index in [0.717, 1.165) is 0 Å². The van der Waals surface area contributed by atoms with Crippen LogP contribution in [0.2, 0.25) is 0 Å². The van der Waals surface area contributed by atoms with E-state index in [1.165, 1.54) is 24.3 Å². The third kappa shape index (κ3) is 4.97. The maximum absolute atomic E-state index is 12.8. The molecule has 0 unspecified atom stereocenters. The van der Waals surface area contributed by atoms with Crippen LogP contribution in [0, 0.1) is 27.8 Å². The third-order valence-corrected chi connectivity index (χ3v) is 3.09. The molecule has 0 saturated carbocycles. The van der Waals surface area contributed by atoms with Crippen LogP contribution in [0.25, 0.3) is 0 Å². The van der Waals surface area contributed by atoms with Gasteiger partial charge in [0.1, 0.15) is 5.82 Å². The first-order valence-corrected chi connectivity index (χ1v) is 7.21. The molecule has 0 heterocycles. The van der Waals surface area contributed by atoms with Crippen molar-refractivity contribution in [1.29, 1.82) is 0 Å².